The molecule has 0 saturated carbocycles. The lowest BCUT2D eigenvalue weighted by Gasteiger charge is -2.38. The van der Waals surface area contributed by atoms with Crippen molar-refractivity contribution >= 4 is 17.3 Å². The minimum absolute atomic E-state index is 0.0207. The van der Waals surface area contributed by atoms with Crippen LogP contribution in [0.2, 0.25) is 0 Å². The highest BCUT2D eigenvalue weighted by Gasteiger charge is 2.30. The maximum Gasteiger partial charge on any atom is 0.239 e. The van der Waals surface area contributed by atoms with Crippen molar-refractivity contribution in [2.24, 2.45) is 11.8 Å². The summed E-state index contributed by atoms with van der Waals surface area (Å²) >= 11 is 0. The first kappa shape index (κ1) is 16.5. The monoisotopic (exact) mass is 305 g/mol. The van der Waals surface area contributed by atoms with Gasteiger partial charge >= 0.3 is 0 Å². The van der Waals surface area contributed by atoms with Gasteiger partial charge in [-0.05, 0) is 24.0 Å². The molecular weight excluding hydrogens is 278 g/mol. The van der Waals surface area contributed by atoms with Crippen LogP contribution in [0.5, 0.6) is 5.75 Å². The lowest BCUT2D eigenvalue weighted by molar-refractivity contribution is -0.120. The Morgan fingerprint density at radius 2 is 2.14 bits per heavy atom. The summed E-state index contributed by atoms with van der Waals surface area (Å²) in [6, 6.07) is 5.64. The largest absolute Gasteiger partial charge is 0.486 e. The third kappa shape index (κ3) is 3.84. The molecule has 1 aromatic rings. The first-order chi connectivity index (χ1) is 10.4. The summed E-state index contributed by atoms with van der Waals surface area (Å²) in [5, 5.41) is 2.96. The Bertz CT molecular complexity index is 529. The fourth-order valence-corrected chi connectivity index (χ4v) is 2.52. The first-order valence-electron chi connectivity index (χ1n) is 7.95. The first-order valence-corrected chi connectivity index (χ1v) is 7.95. The highest BCUT2D eigenvalue weighted by Crippen LogP contribution is 2.39. The van der Waals surface area contributed by atoms with Gasteiger partial charge in [-0.3, -0.25) is 4.79 Å². The molecule has 5 heteroatoms. The van der Waals surface area contributed by atoms with Crippen molar-refractivity contribution in [3.05, 3.63) is 18.2 Å². The van der Waals surface area contributed by atoms with Crippen LogP contribution in [0.4, 0.5) is 11.4 Å². The van der Waals surface area contributed by atoms with Crippen LogP contribution in [-0.2, 0) is 4.79 Å². The van der Waals surface area contributed by atoms with Gasteiger partial charge in [-0.1, -0.05) is 33.8 Å². The number of anilines is 2. The number of carbonyl (C=O) groups is 1. The van der Waals surface area contributed by atoms with Gasteiger partial charge < -0.3 is 20.7 Å². The van der Waals surface area contributed by atoms with Crippen LogP contribution >= 0.6 is 0 Å². The van der Waals surface area contributed by atoms with E-state index in [1.807, 2.05) is 23.1 Å². The normalized spacial score (nSPS) is 17.4. The van der Waals surface area contributed by atoms with E-state index in [0.717, 1.165) is 11.4 Å². The molecule has 1 aromatic carbocycles. The van der Waals surface area contributed by atoms with Crippen LogP contribution in [-0.4, -0.2) is 31.6 Å². The number of nitrogens with two attached hydrogens (primary N) is 1. The van der Waals surface area contributed by atoms with Crippen molar-refractivity contribution < 1.29 is 9.53 Å². The third-order valence-corrected chi connectivity index (χ3v) is 3.81. The molecule has 0 aliphatic carbocycles. The second kappa shape index (κ2) is 6.90. The van der Waals surface area contributed by atoms with Gasteiger partial charge in [0, 0.05) is 6.54 Å². The summed E-state index contributed by atoms with van der Waals surface area (Å²) in [4.78, 5) is 14.2. The van der Waals surface area contributed by atoms with Gasteiger partial charge in [-0.25, -0.2) is 0 Å². The molecule has 0 fully saturated rings. The van der Waals surface area contributed by atoms with Gasteiger partial charge in [0.2, 0.25) is 5.91 Å². The smallest absolute Gasteiger partial charge is 0.239 e. The molecule has 0 bridgehead atoms. The Morgan fingerprint density at radius 3 is 2.77 bits per heavy atom. The van der Waals surface area contributed by atoms with E-state index in [9.17, 15) is 4.79 Å². The molecule has 1 aliphatic heterocycles. The second-order valence-corrected chi connectivity index (χ2v) is 6.67. The number of hydrogen-bond acceptors (Lipinski definition) is 4. The van der Waals surface area contributed by atoms with Crippen molar-refractivity contribution in [1.82, 2.24) is 5.32 Å². The van der Waals surface area contributed by atoms with Crippen molar-refractivity contribution in [2.75, 3.05) is 30.3 Å². The van der Waals surface area contributed by atoms with Crippen LogP contribution < -0.4 is 20.7 Å². The van der Waals surface area contributed by atoms with Gasteiger partial charge in [0.15, 0.2) is 0 Å². The van der Waals surface area contributed by atoms with Crippen LogP contribution in [0.3, 0.4) is 0 Å². The van der Waals surface area contributed by atoms with Crippen LogP contribution in [0.1, 0.15) is 27.7 Å². The number of carbonyl (C=O) groups excluding carboxylic acids is 1. The van der Waals surface area contributed by atoms with Gasteiger partial charge in [-0.15, -0.1) is 0 Å². The third-order valence-electron chi connectivity index (χ3n) is 3.81. The number of hydrogen-bond donors (Lipinski definition) is 2. The molecule has 5 nitrogen and oxygen atoms in total. The Hall–Kier alpha value is -1.91. The maximum atomic E-state index is 12.2. The number of amides is 1. The van der Waals surface area contributed by atoms with E-state index in [1.54, 1.807) is 0 Å². The number of para-hydroxylation sites is 1. The highest BCUT2D eigenvalue weighted by atomic mass is 16.5. The fraction of sp³-hybridized carbons (Fsp3) is 0.588. The number of fused-ring (bicyclic) bond motifs is 1. The van der Waals surface area contributed by atoms with E-state index in [4.69, 9.17) is 10.5 Å². The average molecular weight is 305 g/mol. The van der Waals surface area contributed by atoms with Gasteiger partial charge in [0.05, 0.1) is 18.8 Å². The molecule has 1 unspecified atom stereocenters. The molecule has 1 amide bonds. The van der Waals surface area contributed by atoms with Crippen LogP contribution in [0, 0.1) is 11.8 Å². The number of benzene rings is 1. The minimum atomic E-state index is 0.0207. The van der Waals surface area contributed by atoms with E-state index >= 15 is 0 Å². The Balaban J connectivity index is 2.17. The molecule has 0 aromatic heterocycles. The number of nitrogens with zero attached hydrogens (tertiary/aromatic N) is 1. The molecule has 0 radical (unpaired) electrons. The predicted molar refractivity (Wildman–Crippen MR) is 90.2 cm³/mol. The Morgan fingerprint density at radius 1 is 1.41 bits per heavy atom. The van der Waals surface area contributed by atoms with E-state index in [1.165, 1.54) is 0 Å². The second-order valence-electron chi connectivity index (χ2n) is 6.67. The molecule has 0 saturated heterocycles. The summed E-state index contributed by atoms with van der Waals surface area (Å²) in [5.74, 6) is 1.60. The molecule has 1 atom stereocenters. The predicted octanol–water partition coefficient (Wildman–Crippen LogP) is 2.26. The zero-order valence-electron chi connectivity index (χ0n) is 13.9. The van der Waals surface area contributed by atoms with Crippen LogP contribution in [0.25, 0.3) is 0 Å². The summed E-state index contributed by atoms with van der Waals surface area (Å²) < 4.78 is 6.03. The number of nitrogen functional groups attached to an aromatic ring is 1. The van der Waals surface area contributed by atoms with Crippen molar-refractivity contribution in [3.8, 4) is 5.75 Å². The average Bonchev–Trinajstić information content (AvgIpc) is 2.44. The Kier molecular flexibility index (Phi) is 5.16. The summed E-state index contributed by atoms with van der Waals surface area (Å²) in [5.41, 5.74) is 7.58. The molecule has 2 rings (SSSR count). The Labute approximate surface area is 132 Å². The quantitative estimate of drug-likeness (QED) is 0.819. The molecule has 1 heterocycles. The fourth-order valence-electron chi connectivity index (χ4n) is 2.52. The van der Waals surface area contributed by atoms with E-state index in [2.05, 4.69) is 33.0 Å². The van der Waals surface area contributed by atoms with E-state index in [0.29, 0.717) is 37.2 Å². The lowest BCUT2D eigenvalue weighted by atomic mass is 10.0. The molecule has 22 heavy (non-hydrogen) atoms. The summed E-state index contributed by atoms with van der Waals surface area (Å²) in [6.07, 6.45) is 0.0622. The topological polar surface area (TPSA) is 67.6 Å². The zero-order valence-corrected chi connectivity index (χ0v) is 13.9. The molecule has 0 spiro atoms. The lowest BCUT2D eigenvalue weighted by Crippen LogP contribution is -2.47. The zero-order chi connectivity index (χ0) is 16.3. The molecule has 1 aliphatic rings. The minimum Gasteiger partial charge on any atom is -0.486 e. The van der Waals surface area contributed by atoms with Crippen molar-refractivity contribution in [1.29, 1.82) is 0 Å². The molecule has 3 N–H and O–H groups in total. The summed E-state index contributed by atoms with van der Waals surface area (Å²) in [6.45, 7) is 10.1. The maximum absolute atomic E-state index is 12.2. The number of ether oxygens (including phenoxy) is 1. The number of nitrogens with one attached hydrogen (secondary N) is 1. The van der Waals surface area contributed by atoms with Gasteiger partial charge in [0.1, 0.15) is 17.5 Å². The van der Waals surface area contributed by atoms with Crippen molar-refractivity contribution in [2.45, 2.75) is 33.8 Å². The van der Waals surface area contributed by atoms with Crippen LogP contribution in [0.15, 0.2) is 18.2 Å². The molecular formula is C17H27N3O2. The molecule has 122 valence electrons. The number of rotatable bonds is 5. The van der Waals surface area contributed by atoms with Gasteiger partial charge in [-0.2, -0.15) is 0 Å². The SMILES string of the molecule is CC(C)CNC(=O)CN1CC(C(C)C)Oc2cccc(N)c21. The standard InChI is InChI=1S/C17H27N3O2/c1-11(2)8-19-16(21)10-20-9-15(12(3)4)22-14-7-5-6-13(18)17(14)20/h5-7,11-12,15H,8-10,18H2,1-4H3,(H,19,21). The van der Waals surface area contributed by atoms with E-state index in [-0.39, 0.29) is 12.0 Å². The van der Waals surface area contributed by atoms with Crippen molar-refractivity contribution in [3.63, 3.8) is 0 Å². The highest BCUT2D eigenvalue weighted by molar-refractivity contribution is 5.85. The van der Waals surface area contributed by atoms with E-state index < -0.39 is 0 Å². The summed E-state index contributed by atoms with van der Waals surface area (Å²) in [7, 11) is 0. The van der Waals surface area contributed by atoms with Gasteiger partial charge in [0.25, 0.3) is 0 Å².